The van der Waals surface area contributed by atoms with Crippen molar-refractivity contribution in [3.63, 3.8) is 0 Å². The van der Waals surface area contributed by atoms with Crippen LogP contribution in [0.4, 0.5) is 0 Å². The molecule has 0 bridgehead atoms. The average molecular weight is 422 g/mol. The maximum Gasteiger partial charge on any atom is 0.338 e. The zero-order valence-corrected chi connectivity index (χ0v) is 11.7. The van der Waals surface area contributed by atoms with Gasteiger partial charge in [0, 0.05) is 7.14 Å². The standard InChI is InChI=1S/C8H5ClI2O2/c1-13-8(12)4-2-5(9)7(11)3-6(4)10/h2-3H,1H3. The first-order valence-electron chi connectivity index (χ1n) is 3.29. The molecule has 0 saturated carbocycles. The van der Waals surface area contributed by atoms with Gasteiger partial charge in [-0.25, -0.2) is 4.79 Å². The van der Waals surface area contributed by atoms with E-state index in [1.807, 2.05) is 6.07 Å². The molecule has 0 unspecified atom stereocenters. The van der Waals surface area contributed by atoms with Crippen molar-refractivity contribution in [3.05, 3.63) is 29.9 Å². The largest absolute Gasteiger partial charge is 0.465 e. The van der Waals surface area contributed by atoms with Crippen LogP contribution in [-0.2, 0) is 4.74 Å². The lowest BCUT2D eigenvalue weighted by Crippen LogP contribution is -2.04. The molecule has 0 atom stereocenters. The normalized spacial score (nSPS) is 9.85. The number of benzene rings is 1. The fourth-order valence-corrected chi connectivity index (χ4v) is 2.70. The molecule has 70 valence electrons. The van der Waals surface area contributed by atoms with E-state index in [2.05, 4.69) is 49.9 Å². The Kier molecular flexibility index (Phi) is 4.24. The van der Waals surface area contributed by atoms with E-state index in [0.29, 0.717) is 10.6 Å². The minimum absolute atomic E-state index is 0.359. The SMILES string of the molecule is COC(=O)c1cc(Cl)c(I)cc1I. The molecule has 0 amide bonds. The number of esters is 1. The van der Waals surface area contributed by atoms with Crippen LogP contribution in [0, 0.1) is 7.14 Å². The lowest BCUT2D eigenvalue weighted by molar-refractivity contribution is 0.0599. The number of ether oxygens (including phenoxy) is 1. The molecular weight excluding hydrogens is 417 g/mol. The van der Waals surface area contributed by atoms with Gasteiger partial charge >= 0.3 is 5.97 Å². The third kappa shape index (κ3) is 2.69. The van der Waals surface area contributed by atoms with Gasteiger partial charge in [-0.2, -0.15) is 0 Å². The van der Waals surface area contributed by atoms with E-state index in [9.17, 15) is 4.79 Å². The highest BCUT2D eigenvalue weighted by molar-refractivity contribution is 14.1. The van der Waals surface area contributed by atoms with Crippen molar-refractivity contribution in [2.24, 2.45) is 0 Å². The second-order valence-electron chi connectivity index (χ2n) is 2.24. The summed E-state index contributed by atoms with van der Waals surface area (Å²) in [5.74, 6) is -0.359. The van der Waals surface area contributed by atoms with Gasteiger partial charge in [-0.1, -0.05) is 11.6 Å². The maximum absolute atomic E-state index is 11.2. The van der Waals surface area contributed by atoms with Gasteiger partial charge in [-0.3, -0.25) is 0 Å². The van der Waals surface area contributed by atoms with Gasteiger partial charge in [0.1, 0.15) is 0 Å². The van der Waals surface area contributed by atoms with Crippen LogP contribution in [0.25, 0.3) is 0 Å². The predicted molar refractivity (Wildman–Crippen MR) is 68.2 cm³/mol. The summed E-state index contributed by atoms with van der Waals surface area (Å²) < 4.78 is 6.38. The molecular formula is C8H5ClI2O2. The molecule has 0 aromatic heterocycles. The van der Waals surface area contributed by atoms with Crippen molar-refractivity contribution >= 4 is 62.8 Å². The fraction of sp³-hybridized carbons (Fsp3) is 0.125. The van der Waals surface area contributed by atoms with Crippen LogP contribution in [0.5, 0.6) is 0 Å². The van der Waals surface area contributed by atoms with Crippen LogP contribution in [0.1, 0.15) is 10.4 Å². The van der Waals surface area contributed by atoms with E-state index in [1.54, 1.807) is 6.07 Å². The first-order chi connectivity index (χ1) is 6.06. The Balaban J connectivity index is 3.23. The lowest BCUT2D eigenvalue weighted by Gasteiger charge is -2.04. The second-order valence-corrected chi connectivity index (χ2v) is 4.97. The Morgan fingerprint density at radius 1 is 1.38 bits per heavy atom. The Labute approximate surface area is 108 Å². The first kappa shape index (κ1) is 11.5. The zero-order chi connectivity index (χ0) is 10.0. The molecule has 0 N–H and O–H groups in total. The molecule has 1 aromatic carbocycles. The molecule has 1 aromatic rings. The smallest absolute Gasteiger partial charge is 0.338 e. The summed E-state index contributed by atoms with van der Waals surface area (Å²) in [5, 5.41) is 0.571. The molecule has 13 heavy (non-hydrogen) atoms. The van der Waals surface area contributed by atoms with Crippen molar-refractivity contribution in [2.75, 3.05) is 7.11 Å². The van der Waals surface area contributed by atoms with Gasteiger partial charge in [-0.05, 0) is 57.3 Å². The van der Waals surface area contributed by atoms with Gasteiger partial charge in [0.25, 0.3) is 0 Å². The highest BCUT2D eigenvalue weighted by Crippen LogP contribution is 2.24. The van der Waals surface area contributed by atoms with Crippen LogP contribution >= 0.6 is 56.8 Å². The van der Waals surface area contributed by atoms with Crippen molar-refractivity contribution in [3.8, 4) is 0 Å². The number of hydrogen-bond donors (Lipinski definition) is 0. The van der Waals surface area contributed by atoms with Gasteiger partial charge in [-0.15, -0.1) is 0 Å². The molecule has 0 spiro atoms. The highest BCUT2D eigenvalue weighted by Gasteiger charge is 2.12. The third-order valence-corrected chi connectivity index (χ3v) is 3.83. The van der Waals surface area contributed by atoms with Crippen molar-refractivity contribution in [1.82, 2.24) is 0 Å². The minimum Gasteiger partial charge on any atom is -0.465 e. The Morgan fingerprint density at radius 3 is 2.54 bits per heavy atom. The molecule has 5 heteroatoms. The molecule has 0 aliphatic rings. The Bertz CT molecular complexity index is 352. The number of halogens is 3. The van der Waals surface area contributed by atoms with Gasteiger partial charge in [0.2, 0.25) is 0 Å². The van der Waals surface area contributed by atoms with Gasteiger partial charge in [0.05, 0.1) is 17.7 Å². The topological polar surface area (TPSA) is 26.3 Å². The summed E-state index contributed by atoms with van der Waals surface area (Å²) in [4.78, 5) is 11.2. The number of carbonyl (C=O) groups excluding carboxylic acids is 1. The average Bonchev–Trinajstić information content (AvgIpc) is 2.10. The van der Waals surface area contributed by atoms with Gasteiger partial charge in [0.15, 0.2) is 0 Å². The van der Waals surface area contributed by atoms with E-state index in [0.717, 1.165) is 7.14 Å². The van der Waals surface area contributed by atoms with Crippen molar-refractivity contribution in [2.45, 2.75) is 0 Å². The second kappa shape index (κ2) is 4.79. The summed E-state index contributed by atoms with van der Waals surface area (Å²) in [6, 6.07) is 3.46. The summed E-state index contributed by atoms with van der Waals surface area (Å²) in [7, 11) is 1.35. The van der Waals surface area contributed by atoms with Crippen LogP contribution in [0.15, 0.2) is 12.1 Å². The summed E-state index contributed by atoms with van der Waals surface area (Å²) in [6.07, 6.45) is 0. The van der Waals surface area contributed by atoms with Crippen LogP contribution in [0.3, 0.4) is 0 Å². The molecule has 2 nitrogen and oxygen atoms in total. The van der Waals surface area contributed by atoms with E-state index in [1.165, 1.54) is 7.11 Å². The molecule has 0 aliphatic heterocycles. The van der Waals surface area contributed by atoms with E-state index < -0.39 is 0 Å². The maximum atomic E-state index is 11.2. The highest BCUT2D eigenvalue weighted by atomic mass is 127. The molecule has 0 fully saturated rings. The third-order valence-electron chi connectivity index (χ3n) is 1.42. The summed E-state index contributed by atoms with van der Waals surface area (Å²) >= 11 is 10.1. The summed E-state index contributed by atoms with van der Waals surface area (Å²) in [5.41, 5.74) is 0.508. The number of methoxy groups -OCH3 is 1. The van der Waals surface area contributed by atoms with Crippen LogP contribution in [-0.4, -0.2) is 13.1 Å². The predicted octanol–water partition coefficient (Wildman–Crippen LogP) is 3.34. The summed E-state index contributed by atoms with van der Waals surface area (Å²) in [6.45, 7) is 0. The molecule has 0 heterocycles. The van der Waals surface area contributed by atoms with Crippen molar-refractivity contribution in [1.29, 1.82) is 0 Å². The lowest BCUT2D eigenvalue weighted by atomic mass is 10.2. The molecule has 0 aliphatic carbocycles. The first-order valence-corrected chi connectivity index (χ1v) is 5.82. The number of rotatable bonds is 1. The van der Waals surface area contributed by atoms with E-state index in [4.69, 9.17) is 11.6 Å². The molecule has 1 rings (SSSR count). The molecule has 0 saturated heterocycles. The Morgan fingerprint density at radius 2 is 2.00 bits per heavy atom. The van der Waals surface area contributed by atoms with E-state index >= 15 is 0 Å². The Hall–Kier alpha value is 0.440. The number of hydrogen-bond acceptors (Lipinski definition) is 2. The zero-order valence-electron chi connectivity index (χ0n) is 6.61. The quantitative estimate of drug-likeness (QED) is 0.394. The minimum atomic E-state index is -0.359. The number of carbonyl (C=O) groups is 1. The van der Waals surface area contributed by atoms with Gasteiger partial charge < -0.3 is 4.74 Å². The van der Waals surface area contributed by atoms with E-state index in [-0.39, 0.29) is 5.97 Å². The van der Waals surface area contributed by atoms with Crippen LogP contribution < -0.4 is 0 Å². The fourth-order valence-electron chi connectivity index (χ4n) is 0.789. The van der Waals surface area contributed by atoms with Crippen LogP contribution in [0.2, 0.25) is 5.02 Å². The van der Waals surface area contributed by atoms with Crippen molar-refractivity contribution < 1.29 is 9.53 Å². The monoisotopic (exact) mass is 422 g/mol. The molecule has 0 radical (unpaired) electrons.